The summed E-state index contributed by atoms with van der Waals surface area (Å²) in [5.74, 6) is -1.37. The third-order valence-corrected chi connectivity index (χ3v) is 1.06. The molecule has 0 aliphatic rings. The standard InChI is InChI=1S/C6H12O5.3CH4.H2O/c7-2-1-5(6(9)10)11-4-3-8;;;;/h5,7-8H,1-4H2,(H,9,10);3*1H4;1H2/p-1. The van der Waals surface area contributed by atoms with Gasteiger partial charge >= 0.3 is 0 Å². The van der Waals surface area contributed by atoms with E-state index in [1.165, 1.54) is 0 Å². The van der Waals surface area contributed by atoms with Gasteiger partial charge in [0.05, 0.1) is 25.3 Å². The van der Waals surface area contributed by atoms with Crippen molar-refractivity contribution in [3.05, 3.63) is 0 Å². The smallest absolute Gasteiger partial charge is 0.0991 e. The lowest BCUT2D eigenvalue weighted by atomic mass is 10.3. The van der Waals surface area contributed by atoms with Crippen molar-refractivity contribution in [1.82, 2.24) is 0 Å². The Morgan fingerprint density at radius 2 is 1.67 bits per heavy atom. The summed E-state index contributed by atoms with van der Waals surface area (Å²) in [7, 11) is 0. The first-order valence-electron chi connectivity index (χ1n) is 3.26. The summed E-state index contributed by atoms with van der Waals surface area (Å²) in [6.45, 7) is -0.571. The first-order chi connectivity index (χ1) is 5.22. The summed E-state index contributed by atoms with van der Waals surface area (Å²) in [6, 6.07) is 0. The molecule has 0 saturated heterocycles. The molecule has 98 valence electrons. The van der Waals surface area contributed by atoms with Crippen LogP contribution in [0.2, 0.25) is 0 Å². The van der Waals surface area contributed by atoms with Gasteiger partial charge in [-0.15, -0.1) is 0 Å². The largest absolute Gasteiger partial charge is 0.547 e. The second kappa shape index (κ2) is 19.0. The molecule has 0 aromatic heterocycles. The van der Waals surface area contributed by atoms with Crippen molar-refractivity contribution in [1.29, 1.82) is 0 Å². The van der Waals surface area contributed by atoms with Crippen molar-refractivity contribution >= 4 is 5.97 Å². The number of carboxylic acids is 1. The minimum atomic E-state index is -1.37. The molecule has 15 heavy (non-hydrogen) atoms. The fraction of sp³-hybridized carbons (Fsp3) is 0.889. The van der Waals surface area contributed by atoms with E-state index < -0.39 is 12.1 Å². The van der Waals surface area contributed by atoms with Crippen LogP contribution >= 0.6 is 0 Å². The zero-order chi connectivity index (χ0) is 8.69. The first kappa shape index (κ1) is 29.2. The van der Waals surface area contributed by atoms with Gasteiger partial charge in [0.2, 0.25) is 0 Å². The summed E-state index contributed by atoms with van der Waals surface area (Å²) >= 11 is 0. The normalized spacial score (nSPS) is 9.47. The monoisotopic (exact) mass is 229 g/mol. The molecule has 1 atom stereocenters. The minimum Gasteiger partial charge on any atom is -0.547 e. The van der Waals surface area contributed by atoms with Crippen LogP contribution in [0, 0.1) is 0 Å². The Labute approximate surface area is 91.8 Å². The maximum absolute atomic E-state index is 10.2. The minimum absolute atomic E-state index is 0. The molecule has 1 unspecified atom stereocenters. The average Bonchev–Trinajstić information content (AvgIpc) is 1.97. The van der Waals surface area contributed by atoms with Crippen LogP contribution in [0.1, 0.15) is 28.7 Å². The zero-order valence-electron chi connectivity index (χ0n) is 6.52. The SMILES string of the molecule is C.C.C.O.O=C([O-])C(CCO)OCCO. The number of aliphatic hydroxyl groups is 2. The van der Waals surface area contributed by atoms with Crippen molar-refractivity contribution < 1.29 is 30.3 Å². The molecule has 0 aromatic rings. The fourth-order valence-electron chi connectivity index (χ4n) is 0.581. The van der Waals surface area contributed by atoms with Gasteiger partial charge in [0.15, 0.2) is 0 Å². The van der Waals surface area contributed by atoms with Crippen molar-refractivity contribution in [3.8, 4) is 0 Å². The Bertz CT molecular complexity index is 117. The van der Waals surface area contributed by atoms with Gasteiger partial charge in [0.1, 0.15) is 0 Å². The number of carboxylic acid groups (broad SMARTS) is 1. The summed E-state index contributed by atoms with van der Waals surface area (Å²) < 4.78 is 4.62. The lowest BCUT2D eigenvalue weighted by Gasteiger charge is -2.16. The van der Waals surface area contributed by atoms with Gasteiger partial charge in [-0.2, -0.15) is 0 Å². The number of aliphatic carboxylic acids is 1. The molecule has 0 rings (SSSR count). The second-order valence-electron chi connectivity index (χ2n) is 1.91. The van der Waals surface area contributed by atoms with Crippen LogP contribution < -0.4 is 5.11 Å². The van der Waals surface area contributed by atoms with Crippen LogP contribution in [0.4, 0.5) is 0 Å². The molecule has 0 aliphatic carbocycles. The molecule has 0 fully saturated rings. The average molecular weight is 229 g/mol. The van der Waals surface area contributed by atoms with E-state index in [-0.39, 0.29) is 54.0 Å². The quantitative estimate of drug-likeness (QED) is 0.579. The molecule has 6 heteroatoms. The maximum atomic E-state index is 10.2. The molecular formula is C9H25O6-. The molecule has 0 bridgehead atoms. The van der Waals surface area contributed by atoms with Gasteiger partial charge in [0.25, 0.3) is 0 Å². The van der Waals surface area contributed by atoms with Crippen LogP contribution in [0.5, 0.6) is 0 Å². The molecule has 0 spiro atoms. The summed E-state index contributed by atoms with van der Waals surface area (Å²) in [5.41, 5.74) is 0. The van der Waals surface area contributed by atoms with Gasteiger partial charge in [0, 0.05) is 13.0 Å². The molecule has 0 saturated carbocycles. The third-order valence-electron chi connectivity index (χ3n) is 1.06. The molecule has 0 aromatic carbocycles. The number of carbonyl (C=O) groups excluding carboxylic acids is 1. The lowest BCUT2D eigenvalue weighted by Crippen LogP contribution is -2.38. The third kappa shape index (κ3) is 16.0. The Hall–Kier alpha value is -0.690. The van der Waals surface area contributed by atoms with Gasteiger partial charge in [-0.1, -0.05) is 22.3 Å². The molecule has 0 heterocycles. The Morgan fingerprint density at radius 1 is 1.20 bits per heavy atom. The molecule has 4 N–H and O–H groups in total. The topological polar surface area (TPSA) is 121 Å². The predicted octanol–water partition coefficient (Wildman–Crippen LogP) is -1.42. The van der Waals surface area contributed by atoms with E-state index in [4.69, 9.17) is 10.2 Å². The number of hydrogen-bond acceptors (Lipinski definition) is 5. The first-order valence-corrected chi connectivity index (χ1v) is 3.26. The van der Waals surface area contributed by atoms with E-state index in [1.807, 2.05) is 0 Å². The van der Waals surface area contributed by atoms with Gasteiger partial charge in [-0.25, -0.2) is 0 Å². The molecule has 0 amide bonds. The van der Waals surface area contributed by atoms with Gasteiger partial charge < -0.3 is 30.3 Å². The van der Waals surface area contributed by atoms with E-state index >= 15 is 0 Å². The van der Waals surface area contributed by atoms with Crippen molar-refractivity contribution in [2.45, 2.75) is 34.8 Å². The molecule has 0 radical (unpaired) electrons. The van der Waals surface area contributed by atoms with E-state index in [1.54, 1.807) is 0 Å². The van der Waals surface area contributed by atoms with Crippen LogP contribution in [0.25, 0.3) is 0 Å². The second-order valence-corrected chi connectivity index (χ2v) is 1.91. The van der Waals surface area contributed by atoms with Crippen LogP contribution in [-0.2, 0) is 9.53 Å². The molecular weight excluding hydrogens is 204 g/mol. The van der Waals surface area contributed by atoms with Crippen molar-refractivity contribution in [2.75, 3.05) is 19.8 Å². The maximum Gasteiger partial charge on any atom is 0.0991 e. The summed E-state index contributed by atoms with van der Waals surface area (Å²) in [4.78, 5) is 10.2. The number of ether oxygens (including phenoxy) is 1. The zero-order valence-corrected chi connectivity index (χ0v) is 6.52. The Morgan fingerprint density at radius 3 is 1.93 bits per heavy atom. The fourth-order valence-corrected chi connectivity index (χ4v) is 0.581. The highest BCUT2D eigenvalue weighted by atomic mass is 16.5. The van der Waals surface area contributed by atoms with Crippen LogP contribution in [-0.4, -0.2) is 47.6 Å². The highest BCUT2D eigenvalue weighted by Crippen LogP contribution is 1.95. The predicted molar refractivity (Wildman–Crippen MR) is 57.3 cm³/mol. The van der Waals surface area contributed by atoms with Gasteiger partial charge in [-0.3, -0.25) is 0 Å². The summed E-state index contributed by atoms with van der Waals surface area (Å²) in [6.07, 6.45) is -1.13. The van der Waals surface area contributed by atoms with Crippen LogP contribution in [0.15, 0.2) is 0 Å². The van der Waals surface area contributed by atoms with E-state index in [2.05, 4.69) is 4.74 Å². The lowest BCUT2D eigenvalue weighted by molar-refractivity contribution is -0.317. The van der Waals surface area contributed by atoms with Crippen LogP contribution in [0.3, 0.4) is 0 Å². The van der Waals surface area contributed by atoms with Gasteiger partial charge in [-0.05, 0) is 0 Å². The highest BCUT2D eigenvalue weighted by molar-refractivity contribution is 5.69. The van der Waals surface area contributed by atoms with E-state index in [0.717, 1.165) is 0 Å². The summed E-state index contributed by atoms with van der Waals surface area (Å²) in [5, 5.41) is 26.8. The molecule has 6 nitrogen and oxygen atoms in total. The van der Waals surface area contributed by atoms with Crippen molar-refractivity contribution in [3.63, 3.8) is 0 Å². The number of hydrogen-bond donors (Lipinski definition) is 2. The number of rotatable bonds is 6. The Kier molecular flexibility index (Phi) is 37.0. The molecule has 0 aliphatic heterocycles. The van der Waals surface area contributed by atoms with E-state index in [9.17, 15) is 9.90 Å². The number of aliphatic hydroxyl groups excluding tert-OH is 2. The van der Waals surface area contributed by atoms with E-state index in [0.29, 0.717) is 0 Å². The number of carbonyl (C=O) groups is 1. The Balaban J connectivity index is -0.0000000833. The highest BCUT2D eigenvalue weighted by Gasteiger charge is 2.08. The van der Waals surface area contributed by atoms with Crippen molar-refractivity contribution in [2.24, 2.45) is 0 Å².